The van der Waals surface area contributed by atoms with E-state index in [-0.39, 0.29) is 29.6 Å². The van der Waals surface area contributed by atoms with Gasteiger partial charge in [0.15, 0.2) is 0 Å². The van der Waals surface area contributed by atoms with E-state index < -0.39 is 0 Å². The highest BCUT2D eigenvalue weighted by Crippen LogP contribution is 2.24. The van der Waals surface area contributed by atoms with E-state index in [0.717, 1.165) is 29.3 Å². The van der Waals surface area contributed by atoms with Crippen LogP contribution in [-0.2, 0) is 0 Å². The predicted octanol–water partition coefficient (Wildman–Crippen LogP) is 3.07. The molecular formula is C18H17IN4O2. The summed E-state index contributed by atoms with van der Waals surface area (Å²) in [5, 5.41) is 12.1. The quantitative estimate of drug-likeness (QED) is 0.727. The van der Waals surface area contributed by atoms with E-state index in [0.29, 0.717) is 5.56 Å². The number of nitriles is 1. The van der Waals surface area contributed by atoms with Crippen molar-refractivity contribution in [3.63, 3.8) is 0 Å². The fourth-order valence-electron chi connectivity index (χ4n) is 2.84. The lowest BCUT2D eigenvalue weighted by atomic mass is 9.92. The third-order valence-electron chi connectivity index (χ3n) is 4.16. The normalized spacial score (nSPS) is 19.7. The molecule has 3 rings (SSSR count). The molecule has 0 bridgehead atoms. The third kappa shape index (κ3) is 4.66. The molecule has 1 aliphatic carbocycles. The predicted molar refractivity (Wildman–Crippen MR) is 100 cm³/mol. The first-order valence-corrected chi connectivity index (χ1v) is 9.18. The largest absolute Gasteiger partial charge is 0.472 e. The Morgan fingerprint density at radius 2 is 1.84 bits per heavy atom. The van der Waals surface area contributed by atoms with E-state index in [1.165, 1.54) is 12.4 Å². The highest BCUT2D eigenvalue weighted by molar-refractivity contribution is 14.1. The van der Waals surface area contributed by atoms with Crippen molar-refractivity contribution in [1.29, 1.82) is 5.26 Å². The second kappa shape index (κ2) is 8.25. The van der Waals surface area contributed by atoms with Gasteiger partial charge < -0.3 is 10.1 Å². The molecule has 0 saturated heterocycles. The Balaban J connectivity index is 1.51. The van der Waals surface area contributed by atoms with Gasteiger partial charge in [0.25, 0.3) is 11.8 Å². The number of nitrogens with zero attached hydrogens (tertiary/aromatic N) is 3. The van der Waals surface area contributed by atoms with Crippen LogP contribution >= 0.6 is 22.6 Å². The van der Waals surface area contributed by atoms with E-state index in [2.05, 4.69) is 37.9 Å². The molecule has 0 aliphatic heterocycles. The molecule has 1 heterocycles. The molecular weight excluding hydrogens is 431 g/mol. The van der Waals surface area contributed by atoms with Crippen molar-refractivity contribution in [3.05, 3.63) is 51.5 Å². The summed E-state index contributed by atoms with van der Waals surface area (Å²) < 4.78 is 6.92. The van der Waals surface area contributed by atoms with Crippen LogP contribution in [-0.4, -0.2) is 28.0 Å². The van der Waals surface area contributed by atoms with E-state index in [1.54, 1.807) is 0 Å². The number of aromatic nitrogens is 2. The zero-order valence-electron chi connectivity index (χ0n) is 13.5. The molecule has 1 N–H and O–H groups in total. The summed E-state index contributed by atoms with van der Waals surface area (Å²) >= 11 is 2.22. The maximum Gasteiger partial charge on any atom is 0.251 e. The lowest BCUT2D eigenvalue weighted by molar-refractivity contribution is 0.0889. The van der Waals surface area contributed by atoms with Crippen LogP contribution in [0.15, 0.2) is 36.7 Å². The Morgan fingerprint density at radius 1 is 1.16 bits per heavy atom. The number of benzene rings is 1. The van der Waals surface area contributed by atoms with Crippen LogP contribution in [0.3, 0.4) is 0 Å². The maximum atomic E-state index is 12.3. The summed E-state index contributed by atoms with van der Waals surface area (Å²) in [7, 11) is 0. The fourth-order valence-corrected chi connectivity index (χ4v) is 3.20. The molecule has 128 valence electrons. The average molecular weight is 448 g/mol. The Morgan fingerprint density at radius 3 is 2.52 bits per heavy atom. The van der Waals surface area contributed by atoms with Gasteiger partial charge in [-0.15, -0.1) is 0 Å². The number of carbonyl (C=O) groups excluding carboxylic acids is 1. The van der Waals surface area contributed by atoms with Crippen molar-refractivity contribution < 1.29 is 9.53 Å². The van der Waals surface area contributed by atoms with Crippen LogP contribution in [0.5, 0.6) is 5.88 Å². The molecule has 25 heavy (non-hydrogen) atoms. The van der Waals surface area contributed by atoms with Gasteiger partial charge in [-0.25, -0.2) is 9.97 Å². The molecule has 0 unspecified atom stereocenters. The van der Waals surface area contributed by atoms with Gasteiger partial charge in [-0.2, -0.15) is 5.26 Å². The standard InChI is InChI=1S/C18H17IN4O2/c19-13-3-1-12(2-4-13)17(24)23-14-5-7-15(8-6-14)25-18-16(11-20)21-9-10-22-18/h1-4,9-10,14-15H,5-8H2,(H,23,24). The van der Waals surface area contributed by atoms with Crippen molar-refractivity contribution >= 4 is 28.5 Å². The van der Waals surface area contributed by atoms with E-state index in [9.17, 15) is 4.79 Å². The molecule has 1 aliphatic rings. The molecule has 0 atom stereocenters. The molecule has 1 fully saturated rings. The lowest BCUT2D eigenvalue weighted by Gasteiger charge is -2.29. The summed E-state index contributed by atoms with van der Waals surface area (Å²) in [4.78, 5) is 20.3. The first kappa shape index (κ1) is 17.6. The first-order valence-electron chi connectivity index (χ1n) is 8.10. The average Bonchev–Trinajstić information content (AvgIpc) is 2.64. The minimum Gasteiger partial charge on any atom is -0.472 e. The fraction of sp³-hybridized carbons (Fsp3) is 0.333. The number of hydrogen-bond acceptors (Lipinski definition) is 5. The molecule has 0 spiro atoms. The van der Waals surface area contributed by atoms with Crippen molar-refractivity contribution in [2.24, 2.45) is 0 Å². The van der Waals surface area contributed by atoms with E-state index in [4.69, 9.17) is 10.00 Å². The highest BCUT2D eigenvalue weighted by atomic mass is 127. The number of amides is 1. The number of rotatable bonds is 4. The van der Waals surface area contributed by atoms with Gasteiger partial charge in [0.1, 0.15) is 12.2 Å². The van der Waals surface area contributed by atoms with Gasteiger partial charge in [-0.3, -0.25) is 4.79 Å². The molecule has 1 saturated carbocycles. The summed E-state index contributed by atoms with van der Waals surface area (Å²) in [5.41, 5.74) is 0.883. The molecule has 1 amide bonds. The SMILES string of the molecule is N#Cc1nccnc1OC1CCC(NC(=O)c2ccc(I)cc2)CC1. The van der Waals surface area contributed by atoms with Gasteiger partial charge in [0, 0.05) is 27.6 Å². The Bertz CT molecular complexity index is 780. The second-order valence-corrected chi connectivity index (χ2v) is 7.14. The Kier molecular flexibility index (Phi) is 5.81. The molecule has 1 aromatic carbocycles. The van der Waals surface area contributed by atoms with Gasteiger partial charge in [-0.1, -0.05) is 0 Å². The van der Waals surface area contributed by atoms with Gasteiger partial charge in [0.2, 0.25) is 5.69 Å². The summed E-state index contributed by atoms with van der Waals surface area (Å²) in [6.45, 7) is 0. The van der Waals surface area contributed by atoms with E-state index >= 15 is 0 Å². The van der Waals surface area contributed by atoms with Crippen LogP contribution in [0.1, 0.15) is 41.7 Å². The van der Waals surface area contributed by atoms with Crippen LogP contribution in [0.25, 0.3) is 0 Å². The Labute approximate surface area is 159 Å². The summed E-state index contributed by atoms with van der Waals surface area (Å²) in [5.74, 6) is 0.248. The number of carbonyl (C=O) groups is 1. The van der Waals surface area contributed by atoms with Crippen LogP contribution in [0.2, 0.25) is 0 Å². The molecule has 0 radical (unpaired) electrons. The number of halogens is 1. The van der Waals surface area contributed by atoms with Crippen molar-refractivity contribution in [1.82, 2.24) is 15.3 Å². The summed E-state index contributed by atoms with van der Waals surface area (Å²) in [6, 6.07) is 9.65. The smallest absolute Gasteiger partial charge is 0.251 e. The molecule has 7 heteroatoms. The summed E-state index contributed by atoms with van der Waals surface area (Å²) in [6.07, 6.45) is 6.27. The number of hydrogen-bond donors (Lipinski definition) is 1. The molecule has 6 nitrogen and oxygen atoms in total. The molecule has 2 aromatic rings. The topological polar surface area (TPSA) is 87.9 Å². The maximum absolute atomic E-state index is 12.3. The van der Waals surface area contributed by atoms with E-state index in [1.807, 2.05) is 30.3 Å². The Hall–Kier alpha value is -2.21. The monoisotopic (exact) mass is 448 g/mol. The minimum absolute atomic E-state index is 0.00439. The second-order valence-electron chi connectivity index (χ2n) is 5.89. The van der Waals surface area contributed by atoms with Crippen molar-refractivity contribution in [2.45, 2.75) is 37.8 Å². The first-order chi connectivity index (χ1) is 12.2. The van der Waals surface area contributed by atoms with Gasteiger partial charge in [-0.05, 0) is 72.5 Å². The van der Waals surface area contributed by atoms with Crippen molar-refractivity contribution in [3.8, 4) is 11.9 Å². The highest BCUT2D eigenvalue weighted by Gasteiger charge is 2.25. The zero-order chi connectivity index (χ0) is 17.6. The van der Waals surface area contributed by atoms with Gasteiger partial charge in [0.05, 0.1) is 0 Å². The third-order valence-corrected chi connectivity index (χ3v) is 4.88. The van der Waals surface area contributed by atoms with Crippen LogP contribution in [0.4, 0.5) is 0 Å². The lowest BCUT2D eigenvalue weighted by Crippen LogP contribution is -2.39. The number of ether oxygens (including phenoxy) is 1. The minimum atomic E-state index is -0.0403. The van der Waals surface area contributed by atoms with Gasteiger partial charge >= 0.3 is 0 Å². The van der Waals surface area contributed by atoms with Crippen molar-refractivity contribution in [2.75, 3.05) is 0 Å². The van der Waals surface area contributed by atoms with Crippen LogP contribution in [0, 0.1) is 14.9 Å². The van der Waals surface area contributed by atoms with Crippen LogP contribution < -0.4 is 10.1 Å². The number of nitrogens with one attached hydrogen (secondary N) is 1. The zero-order valence-corrected chi connectivity index (χ0v) is 15.6. The molecule has 1 aromatic heterocycles.